The molecule has 0 N–H and O–H groups in total. The third kappa shape index (κ3) is 3.37. The van der Waals surface area contributed by atoms with Gasteiger partial charge in [-0.2, -0.15) is 0 Å². The molecule has 0 atom stereocenters. The topological polar surface area (TPSA) is 0 Å². The monoisotopic (exact) mass is 254 g/mol. The van der Waals surface area contributed by atoms with Crippen LogP contribution in [0.4, 0.5) is 0 Å². The Kier molecular flexibility index (Phi) is 3.89. The normalized spacial score (nSPS) is 11.1. The average molecular weight is 254 g/mol. The lowest BCUT2D eigenvalue weighted by Gasteiger charge is -1.99. The van der Waals surface area contributed by atoms with E-state index in [2.05, 4.69) is 43.5 Å². The molecule has 0 spiro atoms. The Morgan fingerprint density at radius 3 is 2.73 bits per heavy atom. The van der Waals surface area contributed by atoms with E-state index >= 15 is 0 Å². The van der Waals surface area contributed by atoms with Crippen LogP contribution < -0.4 is 0 Å². The van der Waals surface area contributed by atoms with Gasteiger partial charge in [-0.15, -0.1) is 22.7 Å². The van der Waals surface area contributed by atoms with Crippen LogP contribution in [0.5, 0.6) is 0 Å². The zero-order chi connectivity index (χ0) is 10.7. The quantitative estimate of drug-likeness (QED) is 0.726. The van der Waals surface area contributed by atoms with Gasteiger partial charge in [0.2, 0.25) is 0 Å². The van der Waals surface area contributed by atoms with Crippen LogP contribution in [0, 0.1) is 5.92 Å². The Morgan fingerprint density at radius 1 is 1.20 bits per heavy atom. The van der Waals surface area contributed by atoms with Crippen molar-refractivity contribution in [3.05, 3.63) is 34.5 Å². The van der Waals surface area contributed by atoms with Crippen molar-refractivity contribution in [3.63, 3.8) is 0 Å². The largest absolute Gasteiger partial charge is 0.137 e. The molecule has 0 aliphatic heterocycles. The summed E-state index contributed by atoms with van der Waals surface area (Å²) in [5.41, 5.74) is 0. The summed E-state index contributed by atoms with van der Waals surface area (Å²) in [6, 6.07) is 8.79. The molecule has 0 saturated heterocycles. The van der Waals surface area contributed by atoms with Gasteiger partial charge in [-0.05, 0) is 35.9 Å². The molecule has 0 amide bonds. The maximum Gasteiger partial charge on any atom is 0.0657 e. The van der Waals surface area contributed by atoms with Crippen molar-refractivity contribution in [1.29, 1.82) is 0 Å². The Hall–Kier alpha value is -0.250. The molecule has 0 saturated carbocycles. The minimum absolute atomic E-state index is 0.753. The first-order valence-electron chi connectivity index (χ1n) is 5.04. The van der Waals surface area contributed by atoms with Gasteiger partial charge in [-0.25, -0.2) is 0 Å². The van der Waals surface area contributed by atoms with E-state index in [-0.39, 0.29) is 0 Å². The van der Waals surface area contributed by atoms with E-state index in [4.69, 9.17) is 0 Å². The predicted octanol–water partition coefficient (Wildman–Crippen LogP) is 5.16. The SMILES string of the molecule is CC(C)Cc1ccc(Sc2cccs2)s1. The summed E-state index contributed by atoms with van der Waals surface area (Å²) in [7, 11) is 0. The lowest BCUT2D eigenvalue weighted by atomic mass is 10.1. The van der Waals surface area contributed by atoms with Gasteiger partial charge in [-0.1, -0.05) is 31.7 Å². The molecule has 0 radical (unpaired) electrons. The standard InChI is InChI=1S/C12H14S3/c1-9(2)8-10-5-6-12(14-10)15-11-4-3-7-13-11/h3-7,9H,8H2,1-2H3. The van der Waals surface area contributed by atoms with E-state index in [0.29, 0.717) is 0 Å². The minimum atomic E-state index is 0.753. The summed E-state index contributed by atoms with van der Waals surface area (Å²) in [5.74, 6) is 0.753. The van der Waals surface area contributed by atoms with E-state index in [1.54, 1.807) is 0 Å². The van der Waals surface area contributed by atoms with Crippen LogP contribution in [0.1, 0.15) is 18.7 Å². The highest BCUT2D eigenvalue weighted by molar-refractivity contribution is 8.02. The molecule has 0 aliphatic rings. The molecule has 2 heterocycles. The minimum Gasteiger partial charge on any atom is -0.137 e. The molecule has 15 heavy (non-hydrogen) atoms. The second-order valence-electron chi connectivity index (χ2n) is 3.85. The number of rotatable bonds is 4. The highest BCUT2D eigenvalue weighted by Gasteiger charge is 2.04. The highest BCUT2D eigenvalue weighted by Crippen LogP contribution is 2.36. The summed E-state index contributed by atoms with van der Waals surface area (Å²) in [6.07, 6.45) is 1.20. The molecule has 3 heteroatoms. The molecule has 0 aliphatic carbocycles. The Bertz CT molecular complexity index is 398. The lowest BCUT2D eigenvalue weighted by molar-refractivity contribution is 0.654. The van der Waals surface area contributed by atoms with Gasteiger partial charge in [0.25, 0.3) is 0 Å². The Morgan fingerprint density at radius 2 is 2.07 bits per heavy atom. The smallest absolute Gasteiger partial charge is 0.0657 e. The van der Waals surface area contributed by atoms with Crippen LogP contribution in [0.3, 0.4) is 0 Å². The molecule has 0 aromatic carbocycles. The zero-order valence-corrected chi connectivity index (χ0v) is 11.3. The fraction of sp³-hybridized carbons (Fsp3) is 0.333. The molecular formula is C12H14S3. The Labute approximate surface area is 103 Å². The first-order valence-corrected chi connectivity index (χ1v) is 7.55. The number of thiophene rings is 2. The van der Waals surface area contributed by atoms with Crippen molar-refractivity contribution >= 4 is 34.4 Å². The van der Waals surface area contributed by atoms with Gasteiger partial charge in [-0.3, -0.25) is 0 Å². The second-order valence-corrected chi connectivity index (χ2v) is 7.57. The van der Waals surface area contributed by atoms with Crippen LogP contribution in [0.2, 0.25) is 0 Å². The van der Waals surface area contributed by atoms with E-state index in [0.717, 1.165) is 5.92 Å². The van der Waals surface area contributed by atoms with Crippen LogP contribution in [-0.4, -0.2) is 0 Å². The predicted molar refractivity (Wildman–Crippen MR) is 71.3 cm³/mol. The van der Waals surface area contributed by atoms with E-state index in [9.17, 15) is 0 Å². The maximum atomic E-state index is 2.27. The van der Waals surface area contributed by atoms with Gasteiger partial charge < -0.3 is 0 Å². The van der Waals surface area contributed by atoms with Gasteiger partial charge in [0.15, 0.2) is 0 Å². The van der Waals surface area contributed by atoms with E-state index in [1.807, 2.05) is 34.4 Å². The maximum absolute atomic E-state index is 2.27. The van der Waals surface area contributed by atoms with Crippen molar-refractivity contribution in [2.75, 3.05) is 0 Å². The molecule has 0 bridgehead atoms. The third-order valence-electron chi connectivity index (χ3n) is 1.94. The van der Waals surface area contributed by atoms with Crippen molar-refractivity contribution in [2.24, 2.45) is 5.92 Å². The molecule has 2 aromatic heterocycles. The second kappa shape index (κ2) is 5.19. The van der Waals surface area contributed by atoms with Crippen LogP contribution in [0.25, 0.3) is 0 Å². The molecule has 2 rings (SSSR count). The zero-order valence-electron chi connectivity index (χ0n) is 8.90. The summed E-state index contributed by atoms with van der Waals surface area (Å²) >= 11 is 5.62. The average Bonchev–Trinajstić information content (AvgIpc) is 2.77. The molecule has 0 unspecified atom stereocenters. The van der Waals surface area contributed by atoms with Crippen LogP contribution in [-0.2, 0) is 6.42 Å². The summed E-state index contributed by atoms with van der Waals surface area (Å²) < 4.78 is 2.79. The highest BCUT2D eigenvalue weighted by atomic mass is 32.2. The van der Waals surface area contributed by atoms with Gasteiger partial charge >= 0.3 is 0 Å². The first-order chi connectivity index (χ1) is 7.24. The Balaban J connectivity index is 2.01. The van der Waals surface area contributed by atoms with Gasteiger partial charge in [0.1, 0.15) is 0 Å². The fourth-order valence-corrected chi connectivity index (χ4v) is 4.77. The van der Waals surface area contributed by atoms with E-state index in [1.165, 1.54) is 19.7 Å². The molecular weight excluding hydrogens is 240 g/mol. The summed E-state index contributed by atoms with van der Waals surface area (Å²) in [5, 5.41) is 2.13. The van der Waals surface area contributed by atoms with Crippen molar-refractivity contribution in [2.45, 2.75) is 28.7 Å². The summed E-state index contributed by atoms with van der Waals surface area (Å²) in [4.78, 5) is 1.50. The van der Waals surface area contributed by atoms with Gasteiger partial charge in [0.05, 0.1) is 8.42 Å². The van der Waals surface area contributed by atoms with E-state index < -0.39 is 0 Å². The van der Waals surface area contributed by atoms with Crippen LogP contribution >= 0.6 is 34.4 Å². The molecule has 0 fully saturated rings. The first kappa shape index (κ1) is 11.2. The third-order valence-corrected chi connectivity index (χ3v) is 5.22. The fourth-order valence-electron chi connectivity index (χ4n) is 1.35. The summed E-state index contributed by atoms with van der Waals surface area (Å²) in [6.45, 7) is 4.54. The molecule has 2 aromatic rings. The number of hydrogen-bond donors (Lipinski definition) is 0. The van der Waals surface area contributed by atoms with Gasteiger partial charge in [0, 0.05) is 4.88 Å². The molecule has 0 nitrogen and oxygen atoms in total. The molecule has 80 valence electrons. The van der Waals surface area contributed by atoms with Crippen molar-refractivity contribution < 1.29 is 0 Å². The van der Waals surface area contributed by atoms with Crippen molar-refractivity contribution in [3.8, 4) is 0 Å². The van der Waals surface area contributed by atoms with Crippen molar-refractivity contribution in [1.82, 2.24) is 0 Å². The van der Waals surface area contributed by atoms with Crippen LogP contribution in [0.15, 0.2) is 38.1 Å². The number of hydrogen-bond acceptors (Lipinski definition) is 3. The lowest BCUT2D eigenvalue weighted by Crippen LogP contribution is -1.89.